The van der Waals surface area contributed by atoms with Crippen LogP contribution >= 0.6 is 34.8 Å². The molecule has 0 saturated heterocycles. The van der Waals surface area contributed by atoms with Gasteiger partial charge in [0.05, 0.1) is 6.04 Å². The van der Waals surface area contributed by atoms with Crippen LogP contribution in [0.2, 0.25) is 0 Å². The third kappa shape index (κ3) is 5.98. The molecule has 5 nitrogen and oxygen atoms in total. The maximum absolute atomic E-state index is 11.5. The molecule has 0 heterocycles. The largest absolute Gasteiger partial charge is 0.445 e. The molecule has 0 aromatic heterocycles. The van der Waals surface area contributed by atoms with Crippen molar-refractivity contribution >= 4 is 46.8 Å². The van der Waals surface area contributed by atoms with Crippen molar-refractivity contribution in [1.82, 2.24) is 10.6 Å². The van der Waals surface area contributed by atoms with E-state index in [-0.39, 0.29) is 24.6 Å². The number of ether oxygens (including phenoxy) is 1. The molecule has 8 heteroatoms. The molecule has 0 aromatic carbocycles. The maximum atomic E-state index is 11.5. The Morgan fingerprint density at radius 3 is 2.28 bits per heavy atom. The van der Waals surface area contributed by atoms with Gasteiger partial charge < -0.3 is 15.4 Å². The summed E-state index contributed by atoms with van der Waals surface area (Å²) in [4.78, 5) is 22.4. The number of carbonyl (C=O) groups excluding carboxylic acids is 2. The first-order chi connectivity index (χ1) is 8.28. The molecule has 0 bridgehead atoms. The van der Waals surface area contributed by atoms with E-state index in [1.54, 1.807) is 0 Å². The maximum Gasteiger partial charge on any atom is 0.407 e. The topological polar surface area (TPSA) is 67.4 Å². The van der Waals surface area contributed by atoms with Gasteiger partial charge in [-0.2, -0.15) is 0 Å². The van der Waals surface area contributed by atoms with Gasteiger partial charge >= 0.3 is 6.09 Å². The van der Waals surface area contributed by atoms with E-state index in [1.807, 2.05) is 0 Å². The Bertz CT molecular complexity index is 320. The summed E-state index contributed by atoms with van der Waals surface area (Å²) < 4.78 is 3.14. The number of amides is 2. The molecule has 0 unspecified atom stereocenters. The van der Waals surface area contributed by atoms with Gasteiger partial charge in [0.2, 0.25) is 9.70 Å². The first-order valence-corrected chi connectivity index (χ1v) is 6.68. The van der Waals surface area contributed by atoms with E-state index in [0.717, 1.165) is 19.3 Å². The van der Waals surface area contributed by atoms with E-state index in [0.29, 0.717) is 0 Å². The molecule has 2 amide bonds. The number of carbonyl (C=O) groups is 2. The van der Waals surface area contributed by atoms with Crippen molar-refractivity contribution in [1.29, 1.82) is 0 Å². The summed E-state index contributed by atoms with van der Waals surface area (Å²) in [6.45, 7) is 1.12. The van der Waals surface area contributed by atoms with Gasteiger partial charge in [0.15, 0.2) is 0 Å². The van der Waals surface area contributed by atoms with Crippen LogP contribution in [-0.4, -0.2) is 34.5 Å². The first kappa shape index (κ1) is 15.7. The fraction of sp³-hybridized carbons (Fsp3) is 0.800. The van der Waals surface area contributed by atoms with Crippen LogP contribution in [0, 0.1) is 0 Å². The first-order valence-electron chi connectivity index (χ1n) is 5.55. The zero-order valence-corrected chi connectivity index (χ0v) is 12.1. The van der Waals surface area contributed by atoms with Crippen molar-refractivity contribution in [2.75, 3.05) is 6.61 Å². The molecule has 104 valence electrons. The number of hydrogen-bond acceptors (Lipinski definition) is 3. The lowest BCUT2D eigenvalue weighted by Crippen LogP contribution is -2.48. The molecule has 1 rings (SSSR count). The van der Waals surface area contributed by atoms with Crippen molar-refractivity contribution in [3.63, 3.8) is 0 Å². The van der Waals surface area contributed by atoms with E-state index in [2.05, 4.69) is 10.6 Å². The van der Waals surface area contributed by atoms with E-state index in [4.69, 9.17) is 39.5 Å². The summed E-state index contributed by atoms with van der Waals surface area (Å²) in [5.74, 6) is -0.122. The highest BCUT2D eigenvalue weighted by molar-refractivity contribution is 6.67. The third-order valence-electron chi connectivity index (χ3n) is 2.57. The summed E-state index contributed by atoms with van der Waals surface area (Å²) in [6.07, 6.45) is 1.90. The highest BCUT2D eigenvalue weighted by Crippen LogP contribution is 2.26. The Balaban J connectivity index is 2.36. The highest BCUT2D eigenvalue weighted by atomic mass is 35.6. The lowest BCUT2D eigenvalue weighted by atomic mass is 10.2. The van der Waals surface area contributed by atoms with Gasteiger partial charge in [0.25, 0.3) is 0 Å². The second-order valence-corrected chi connectivity index (χ2v) is 6.70. The zero-order valence-electron chi connectivity index (χ0n) is 9.84. The molecular weight excluding hydrogens is 302 g/mol. The average Bonchev–Trinajstić information content (AvgIpc) is 2.61. The van der Waals surface area contributed by atoms with Crippen molar-refractivity contribution in [2.24, 2.45) is 0 Å². The second kappa shape index (κ2) is 6.68. The summed E-state index contributed by atoms with van der Waals surface area (Å²) >= 11 is 16.4. The summed E-state index contributed by atoms with van der Waals surface area (Å²) in [5, 5.41) is 5.44. The standard InChI is InChI=1S/C10H15Cl3N2O3/c1-6(16)14-7-3-2-4-8(7)15-9(17)18-5-10(11,12)13/h7-8H,2-5H2,1H3,(H,14,16)(H,15,17)/t7-,8+/m1/s1. The van der Waals surface area contributed by atoms with E-state index in [1.165, 1.54) is 6.92 Å². The van der Waals surface area contributed by atoms with Crippen LogP contribution in [0.15, 0.2) is 0 Å². The van der Waals surface area contributed by atoms with Crippen LogP contribution in [0.1, 0.15) is 26.2 Å². The Labute approximate surface area is 120 Å². The van der Waals surface area contributed by atoms with Crippen LogP contribution in [0.3, 0.4) is 0 Å². The fourth-order valence-corrected chi connectivity index (χ4v) is 2.07. The number of alkyl halides is 3. The number of hydrogen-bond donors (Lipinski definition) is 2. The minimum atomic E-state index is -1.62. The summed E-state index contributed by atoms with van der Waals surface area (Å²) in [7, 11) is 0. The average molecular weight is 318 g/mol. The van der Waals surface area contributed by atoms with Gasteiger partial charge in [-0.3, -0.25) is 4.79 Å². The number of alkyl carbamates (subject to hydrolysis) is 1. The third-order valence-corrected chi connectivity index (χ3v) is 2.90. The molecule has 0 radical (unpaired) electrons. The molecule has 1 aliphatic carbocycles. The molecule has 2 N–H and O–H groups in total. The van der Waals surface area contributed by atoms with Crippen molar-refractivity contribution in [3.05, 3.63) is 0 Å². The predicted molar refractivity (Wildman–Crippen MR) is 70.0 cm³/mol. The van der Waals surface area contributed by atoms with Crippen molar-refractivity contribution in [2.45, 2.75) is 42.1 Å². The Hall–Kier alpha value is -0.390. The van der Waals surface area contributed by atoms with Crippen LogP contribution in [-0.2, 0) is 9.53 Å². The van der Waals surface area contributed by atoms with E-state index >= 15 is 0 Å². The van der Waals surface area contributed by atoms with Gasteiger partial charge in [0.1, 0.15) is 6.61 Å². The number of halogens is 3. The highest BCUT2D eigenvalue weighted by Gasteiger charge is 2.30. The van der Waals surface area contributed by atoms with Crippen LogP contribution in [0.5, 0.6) is 0 Å². The van der Waals surface area contributed by atoms with Gasteiger partial charge in [-0.05, 0) is 19.3 Å². The monoisotopic (exact) mass is 316 g/mol. The minimum Gasteiger partial charge on any atom is -0.445 e. The quantitative estimate of drug-likeness (QED) is 0.784. The predicted octanol–water partition coefficient (Wildman–Crippen LogP) is 2.14. The molecule has 1 aliphatic rings. The Morgan fingerprint density at radius 2 is 1.78 bits per heavy atom. The molecule has 0 aliphatic heterocycles. The number of rotatable bonds is 3. The fourth-order valence-electron chi connectivity index (χ4n) is 1.91. The van der Waals surface area contributed by atoms with E-state index in [9.17, 15) is 9.59 Å². The van der Waals surface area contributed by atoms with Crippen molar-refractivity contribution < 1.29 is 14.3 Å². The van der Waals surface area contributed by atoms with Gasteiger partial charge in [-0.1, -0.05) is 34.8 Å². The SMILES string of the molecule is CC(=O)N[C@@H]1CCC[C@@H]1NC(=O)OCC(Cl)(Cl)Cl. The van der Waals surface area contributed by atoms with Crippen LogP contribution in [0.4, 0.5) is 4.79 Å². The van der Waals surface area contributed by atoms with Crippen LogP contribution < -0.4 is 10.6 Å². The molecule has 18 heavy (non-hydrogen) atoms. The number of nitrogens with one attached hydrogen (secondary N) is 2. The summed E-state index contributed by atoms with van der Waals surface area (Å²) in [6, 6.07) is -0.209. The molecule has 1 fully saturated rings. The van der Waals surface area contributed by atoms with Crippen molar-refractivity contribution in [3.8, 4) is 0 Å². The zero-order chi connectivity index (χ0) is 13.8. The Morgan fingerprint density at radius 1 is 1.22 bits per heavy atom. The van der Waals surface area contributed by atoms with Crippen LogP contribution in [0.25, 0.3) is 0 Å². The molecule has 0 aromatic rings. The van der Waals surface area contributed by atoms with Gasteiger partial charge in [-0.25, -0.2) is 4.79 Å². The molecule has 2 atom stereocenters. The van der Waals surface area contributed by atoms with E-state index < -0.39 is 9.89 Å². The molecule has 0 spiro atoms. The minimum absolute atomic E-state index is 0.0668. The summed E-state index contributed by atoms with van der Waals surface area (Å²) in [5.41, 5.74) is 0. The lowest BCUT2D eigenvalue weighted by molar-refractivity contribution is -0.119. The smallest absolute Gasteiger partial charge is 0.407 e. The molecular formula is C10H15Cl3N2O3. The normalized spacial score (nSPS) is 23.6. The second-order valence-electron chi connectivity index (χ2n) is 4.18. The Kier molecular flexibility index (Phi) is 5.82. The van der Waals surface area contributed by atoms with Gasteiger partial charge in [0, 0.05) is 13.0 Å². The molecule has 1 saturated carbocycles. The lowest BCUT2D eigenvalue weighted by Gasteiger charge is -2.21. The van der Waals surface area contributed by atoms with Gasteiger partial charge in [-0.15, -0.1) is 0 Å².